The Labute approximate surface area is 195 Å². The molecular formula is C24H32Cl2N4O. The van der Waals surface area contributed by atoms with Crippen LogP contribution in [0, 0.1) is 0 Å². The molecule has 0 radical (unpaired) electrons. The van der Waals surface area contributed by atoms with Gasteiger partial charge in [-0.05, 0) is 55.1 Å². The smallest absolute Gasteiger partial charge is 0.322 e. The van der Waals surface area contributed by atoms with Crippen LogP contribution in [0.2, 0.25) is 10.0 Å². The number of likely N-dealkylation sites (tertiary alicyclic amines) is 1. The lowest BCUT2D eigenvalue weighted by Gasteiger charge is -2.38. The van der Waals surface area contributed by atoms with Crippen molar-refractivity contribution in [1.29, 1.82) is 0 Å². The Morgan fingerprint density at radius 3 is 2.55 bits per heavy atom. The zero-order valence-corrected chi connectivity index (χ0v) is 19.6. The van der Waals surface area contributed by atoms with E-state index in [1.165, 1.54) is 12.8 Å². The molecule has 3 rings (SSSR count). The minimum atomic E-state index is -0.122. The Morgan fingerprint density at radius 2 is 1.87 bits per heavy atom. The monoisotopic (exact) mass is 462 g/mol. The van der Waals surface area contributed by atoms with Crippen molar-refractivity contribution in [2.75, 3.05) is 25.0 Å². The Kier molecular flexibility index (Phi) is 9.02. The van der Waals surface area contributed by atoms with E-state index in [1.807, 2.05) is 17.0 Å². The summed E-state index contributed by atoms with van der Waals surface area (Å²) in [5.41, 5.74) is 8.60. The van der Waals surface area contributed by atoms with Crippen molar-refractivity contribution < 1.29 is 4.79 Å². The fourth-order valence-corrected chi connectivity index (χ4v) is 4.32. The molecule has 0 spiro atoms. The maximum atomic E-state index is 13.3. The summed E-state index contributed by atoms with van der Waals surface area (Å²) >= 11 is 12.1. The number of urea groups is 1. The zero-order valence-electron chi connectivity index (χ0n) is 18.1. The molecule has 168 valence electrons. The number of rotatable bonds is 8. The number of benzene rings is 2. The fourth-order valence-electron chi connectivity index (χ4n) is 4.02. The van der Waals surface area contributed by atoms with Gasteiger partial charge in [0.15, 0.2) is 0 Å². The Morgan fingerprint density at radius 1 is 1.13 bits per heavy atom. The van der Waals surface area contributed by atoms with Gasteiger partial charge in [-0.2, -0.15) is 0 Å². The van der Waals surface area contributed by atoms with Crippen LogP contribution in [0.1, 0.15) is 43.7 Å². The zero-order chi connectivity index (χ0) is 22.2. The summed E-state index contributed by atoms with van der Waals surface area (Å²) in [5, 5.41) is 3.90. The number of nitrogens with zero attached hydrogens (tertiary/aromatic N) is 2. The van der Waals surface area contributed by atoms with Crippen LogP contribution < -0.4 is 11.1 Å². The second-order valence-electron chi connectivity index (χ2n) is 8.14. The van der Waals surface area contributed by atoms with Crippen LogP contribution in [-0.4, -0.2) is 41.5 Å². The average molecular weight is 463 g/mol. The molecule has 1 heterocycles. The highest BCUT2D eigenvalue weighted by Gasteiger charge is 2.28. The predicted octanol–water partition coefficient (Wildman–Crippen LogP) is 5.75. The largest absolute Gasteiger partial charge is 0.326 e. The van der Waals surface area contributed by atoms with E-state index in [0.29, 0.717) is 28.8 Å². The molecule has 7 heteroatoms. The van der Waals surface area contributed by atoms with Gasteiger partial charge in [0.05, 0.1) is 10.0 Å². The highest BCUT2D eigenvalue weighted by atomic mass is 35.5. The standard InChI is InChI=1S/C24H32Cl2N4O/c1-2-3-11-29-12-9-21(10-13-29)30(17-19-6-4-5-18(14-19)16-27)24(31)28-20-7-8-22(25)23(26)15-20/h4-8,14-15,21H,2-3,9-13,16-17,27H2,1H3,(H,28,31). The number of amides is 2. The molecule has 1 aliphatic heterocycles. The molecule has 0 atom stereocenters. The van der Waals surface area contributed by atoms with Gasteiger partial charge in [-0.25, -0.2) is 4.79 Å². The van der Waals surface area contributed by atoms with Crippen molar-refractivity contribution in [1.82, 2.24) is 9.80 Å². The number of hydrogen-bond donors (Lipinski definition) is 2. The fraction of sp³-hybridized carbons (Fsp3) is 0.458. The van der Waals surface area contributed by atoms with Gasteiger partial charge in [0, 0.05) is 37.9 Å². The molecule has 1 saturated heterocycles. The summed E-state index contributed by atoms with van der Waals surface area (Å²) in [6, 6.07) is 13.3. The molecule has 0 bridgehead atoms. The van der Waals surface area contributed by atoms with Crippen LogP contribution in [-0.2, 0) is 13.1 Å². The van der Waals surface area contributed by atoms with E-state index in [1.54, 1.807) is 18.2 Å². The normalized spacial score (nSPS) is 15.1. The highest BCUT2D eigenvalue weighted by Crippen LogP contribution is 2.26. The van der Waals surface area contributed by atoms with Gasteiger partial charge in [-0.1, -0.05) is 60.8 Å². The Balaban J connectivity index is 1.74. The third-order valence-electron chi connectivity index (χ3n) is 5.84. The predicted molar refractivity (Wildman–Crippen MR) is 130 cm³/mol. The maximum absolute atomic E-state index is 13.3. The molecule has 2 amide bonds. The summed E-state index contributed by atoms with van der Waals surface area (Å²) in [6.07, 6.45) is 4.36. The molecule has 1 aliphatic rings. The van der Waals surface area contributed by atoms with Crippen molar-refractivity contribution in [2.24, 2.45) is 5.73 Å². The number of hydrogen-bond acceptors (Lipinski definition) is 3. The minimum absolute atomic E-state index is 0.122. The van der Waals surface area contributed by atoms with Crippen LogP contribution in [0.5, 0.6) is 0 Å². The van der Waals surface area contributed by atoms with E-state index in [0.717, 1.165) is 43.6 Å². The van der Waals surface area contributed by atoms with Gasteiger partial charge in [0.25, 0.3) is 0 Å². The molecule has 3 N–H and O–H groups in total. The van der Waals surface area contributed by atoms with Gasteiger partial charge in [0.2, 0.25) is 0 Å². The number of nitrogens with one attached hydrogen (secondary N) is 1. The molecule has 0 aliphatic carbocycles. The van der Waals surface area contributed by atoms with E-state index >= 15 is 0 Å². The van der Waals surface area contributed by atoms with Crippen LogP contribution >= 0.6 is 23.2 Å². The van der Waals surface area contributed by atoms with Gasteiger partial charge < -0.3 is 20.9 Å². The summed E-state index contributed by atoms with van der Waals surface area (Å²) in [6.45, 7) is 6.42. The van der Waals surface area contributed by atoms with Gasteiger partial charge in [-0.15, -0.1) is 0 Å². The van der Waals surface area contributed by atoms with E-state index in [-0.39, 0.29) is 12.1 Å². The van der Waals surface area contributed by atoms with Crippen molar-refractivity contribution in [2.45, 2.75) is 51.7 Å². The first-order valence-electron chi connectivity index (χ1n) is 11.0. The molecule has 2 aromatic rings. The van der Waals surface area contributed by atoms with Gasteiger partial charge in [-0.3, -0.25) is 0 Å². The summed E-state index contributed by atoms with van der Waals surface area (Å²) in [4.78, 5) is 17.8. The molecular weight excluding hydrogens is 431 g/mol. The molecule has 0 saturated carbocycles. The second kappa shape index (κ2) is 11.7. The first kappa shape index (κ1) is 23.9. The first-order chi connectivity index (χ1) is 15.0. The van der Waals surface area contributed by atoms with Crippen molar-refractivity contribution in [3.8, 4) is 0 Å². The second-order valence-corrected chi connectivity index (χ2v) is 8.95. The molecule has 1 fully saturated rings. The third kappa shape index (κ3) is 6.84. The van der Waals surface area contributed by atoms with Crippen molar-refractivity contribution in [3.63, 3.8) is 0 Å². The molecule has 2 aromatic carbocycles. The van der Waals surface area contributed by atoms with Crippen LogP contribution in [0.25, 0.3) is 0 Å². The maximum Gasteiger partial charge on any atom is 0.322 e. The summed E-state index contributed by atoms with van der Waals surface area (Å²) < 4.78 is 0. The SMILES string of the molecule is CCCCN1CCC(N(Cc2cccc(CN)c2)C(=O)Nc2ccc(Cl)c(Cl)c2)CC1. The van der Waals surface area contributed by atoms with E-state index < -0.39 is 0 Å². The van der Waals surface area contributed by atoms with Crippen molar-refractivity contribution >= 4 is 34.9 Å². The molecule has 0 unspecified atom stereocenters. The lowest BCUT2D eigenvalue weighted by atomic mass is 10.0. The number of halogens is 2. The number of carbonyl (C=O) groups excluding carboxylic acids is 1. The summed E-state index contributed by atoms with van der Waals surface area (Å²) in [5.74, 6) is 0. The van der Waals surface area contributed by atoms with Gasteiger partial charge in [0.1, 0.15) is 0 Å². The number of unbranched alkanes of at least 4 members (excludes halogenated alkanes) is 1. The quantitative estimate of drug-likeness (QED) is 0.524. The average Bonchev–Trinajstić information content (AvgIpc) is 2.79. The van der Waals surface area contributed by atoms with Crippen LogP contribution in [0.3, 0.4) is 0 Å². The molecule has 5 nitrogen and oxygen atoms in total. The Hall–Kier alpha value is -1.79. The number of nitrogens with two attached hydrogens (primary N) is 1. The van der Waals surface area contributed by atoms with Crippen molar-refractivity contribution in [3.05, 3.63) is 63.6 Å². The van der Waals surface area contributed by atoms with Gasteiger partial charge >= 0.3 is 6.03 Å². The van der Waals surface area contributed by atoms with E-state index in [9.17, 15) is 4.79 Å². The lowest BCUT2D eigenvalue weighted by Crippen LogP contribution is -2.48. The van der Waals surface area contributed by atoms with E-state index in [2.05, 4.69) is 29.3 Å². The number of anilines is 1. The summed E-state index contributed by atoms with van der Waals surface area (Å²) in [7, 11) is 0. The first-order valence-corrected chi connectivity index (χ1v) is 11.8. The minimum Gasteiger partial charge on any atom is -0.326 e. The van der Waals surface area contributed by atoms with Crippen LogP contribution in [0.4, 0.5) is 10.5 Å². The number of carbonyl (C=O) groups is 1. The molecule has 0 aromatic heterocycles. The molecule has 31 heavy (non-hydrogen) atoms. The number of piperidine rings is 1. The van der Waals surface area contributed by atoms with E-state index in [4.69, 9.17) is 28.9 Å². The lowest BCUT2D eigenvalue weighted by molar-refractivity contribution is 0.122. The third-order valence-corrected chi connectivity index (χ3v) is 6.58. The topological polar surface area (TPSA) is 61.6 Å². The highest BCUT2D eigenvalue weighted by molar-refractivity contribution is 6.42. The Bertz CT molecular complexity index is 868. The van der Waals surface area contributed by atoms with Crippen LogP contribution in [0.15, 0.2) is 42.5 Å².